The van der Waals surface area contributed by atoms with E-state index < -0.39 is 30.0 Å². The number of hydrogen-bond donors (Lipinski definition) is 1. The maximum atomic E-state index is 15.6. The first-order chi connectivity index (χ1) is 23.8. The maximum absolute atomic E-state index is 15.6. The average Bonchev–Trinajstić information content (AvgIpc) is 3.48. The smallest absolute Gasteiger partial charge is 0.401 e. The second kappa shape index (κ2) is 14.0. The van der Waals surface area contributed by atoms with Crippen LogP contribution in [0.2, 0.25) is 0 Å². The highest BCUT2D eigenvalue weighted by Crippen LogP contribution is 2.36. The van der Waals surface area contributed by atoms with Crippen molar-refractivity contribution in [2.45, 2.75) is 44.4 Å². The van der Waals surface area contributed by atoms with E-state index in [0.29, 0.717) is 55.0 Å². The van der Waals surface area contributed by atoms with Gasteiger partial charge >= 0.3 is 6.18 Å². The van der Waals surface area contributed by atoms with Crippen molar-refractivity contribution in [3.8, 4) is 28.8 Å². The number of nitriles is 1. The SMILES string of the molecule is CC(C)(/C=C(/C#N)C(=O)N1CCC[C@@H](n2nc(-c3ccc(Oc4ccccc4)cc3F)c3c(N)ncnc32)C1)N1CCN(CC(F)(F)F)CC1. The van der Waals surface area contributed by atoms with Crippen LogP contribution in [0.5, 0.6) is 11.5 Å². The van der Waals surface area contributed by atoms with Crippen LogP contribution in [0.25, 0.3) is 22.3 Å². The topological polar surface area (TPSA) is 129 Å². The zero-order valence-electron chi connectivity index (χ0n) is 27.7. The van der Waals surface area contributed by atoms with Gasteiger partial charge in [-0.3, -0.25) is 14.6 Å². The molecule has 2 aliphatic rings. The second-order valence-corrected chi connectivity index (χ2v) is 13.1. The lowest BCUT2D eigenvalue weighted by molar-refractivity contribution is -0.150. The van der Waals surface area contributed by atoms with Crippen molar-refractivity contribution < 1.29 is 27.1 Å². The number of halogens is 4. The van der Waals surface area contributed by atoms with Crippen LogP contribution in [0, 0.1) is 17.1 Å². The molecule has 0 spiro atoms. The lowest BCUT2D eigenvalue weighted by Crippen LogP contribution is -2.55. The molecule has 50 heavy (non-hydrogen) atoms. The lowest BCUT2D eigenvalue weighted by atomic mass is 9.96. The van der Waals surface area contributed by atoms with Crippen molar-refractivity contribution in [3.05, 3.63) is 72.3 Å². The Morgan fingerprint density at radius 2 is 1.80 bits per heavy atom. The normalized spacial score (nSPS) is 18.3. The summed E-state index contributed by atoms with van der Waals surface area (Å²) in [5.41, 5.74) is 6.30. The molecule has 6 rings (SSSR count). The molecule has 1 amide bonds. The number of rotatable bonds is 8. The first kappa shape index (κ1) is 34.8. The molecule has 2 saturated heterocycles. The van der Waals surface area contributed by atoms with Crippen LogP contribution in [0.3, 0.4) is 0 Å². The molecular weight excluding hydrogens is 654 g/mol. The number of amides is 1. The molecule has 1 atom stereocenters. The van der Waals surface area contributed by atoms with Crippen molar-refractivity contribution in [2.75, 3.05) is 51.5 Å². The summed E-state index contributed by atoms with van der Waals surface area (Å²) in [4.78, 5) is 27.3. The first-order valence-electron chi connectivity index (χ1n) is 16.3. The molecule has 0 unspecified atom stereocenters. The number of para-hydroxylation sites is 1. The Labute approximate surface area is 286 Å². The standard InChI is InChI=1S/C35H37F4N9O2/c1-34(2,47-15-13-45(14-16-47)21-35(37,38)39)18-23(19-40)33(49)46-12-6-7-24(20-46)48-32-29(31(41)42-22-43-32)30(44-48)27-11-10-26(17-28(27)36)50-25-8-4-3-5-9-25/h3-5,8-11,17-18,22,24H,6-7,12-16,20-21H2,1-2H3,(H2,41,42,43)/b23-18-/t24-/m1/s1. The van der Waals surface area contributed by atoms with Gasteiger partial charge in [0.2, 0.25) is 0 Å². The van der Waals surface area contributed by atoms with Gasteiger partial charge in [-0.25, -0.2) is 19.0 Å². The van der Waals surface area contributed by atoms with Gasteiger partial charge in [0.25, 0.3) is 5.91 Å². The molecule has 0 aliphatic carbocycles. The molecule has 2 aromatic heterocycles. The lowest BCUT2D eigenvalue weighted by Gasteiger charge is -2.43. The summed E-state index contributed by atoms with van der Waals surface area (Å²) in [6, 6.07) is 15.2. The highest BCUT2D eigenvalue weighted by atomic mass is 19.4. The van der Waals surface area contributed by atoms with Gasteiger partial charge in [-0.1, -0.05) is 18.2 Å². The molecule has 11 nitrogen and oxygen atoms in total. The summed E-state index contributed by atoms with van der Waals surface area (Å²) in [5.74, 6) is -0.0435. The van der Waals surface area contributed by atoms with Crippen LogP contribution in [0.4, 0.5) is 23.4 Å². The van der Waals surface area contributed by atoms with Gasteiger partial charge in [-0.15, -0.1) is 0 Å². The van der Waals surface area contributed by atoms with E-state index in [0.717, 1.165) is 0 Å². The summed E-state index contributed by atoms with van der Waals surface area (Å²) in [5, 5.41) is 15.2. The number of piperidine rings is 1. The number of carbonyl (C=O) groups excluding carboxylic acids is 1. The number of benzene rings is 2. The number of alkyl halides is 3. The van der Waals surface area contributed by atoms with E-state index in [9.17, 15) is 23.2 Å². The van der Waals surface area contributed by atoms with Gasteiger partial charge in [-0.2, -0.15) is 23.5 Å². The van der Waals surface area contributed by atoms with Gasteiger partial charge in [0.15, 0.2) is 5.65 Å². The van der Waals surface area contributed by atoms with E-state index in [1.807, 2.05) is 36.9 Å². The molecule has 4 heterocycles. The molecule has 15 heteroatoms. The number of likely N-dealkylation sites (tertiary alicyclic amines) is 1. The minimum absolute atomic E-state index is 0.0502. The van der Waals surface area contributed by atoms with E-state index in [2.05, 4.69) is 16.0 Å². The Kier molecular flexibility index (Phi) is 9.77. The van der Waals surface area contributed by atoms with Crippen LogP contribution < -0.4 is 10.5 Å². The van der Waals surface area contributed by atoms with E-state index >= 15 is 4.39 Å². The molecule has 2 N–H and O–H groups in total. The molecule has 2 aliphatic heterocycles. The first-order valence-corrected chi connectivity index (χ1v) is 16.3. The van der Waals surface area contributed by atoms with Crippen LogP contribution >= 0.6 is 0 Å². The number of piperazine rings is 1. The molecule has 0 saturated carbocycles. The van der Waals surface area contributed by atoms with E-state index in [-0.39, 0.29) is 48.3 Å². The molecule has 4 aromatic rings. The van der Waals surface area contributed by atoms with Crippen LogP contribution in [0.1, 0.15) is 32.7 Å². The third-order valence-corrected chi connectivity index (χ3v) is 9.16. The summed E-state index contributed by atoms with van der Waals surface area (Å²) >= 11 is 0. The number of hydrogen-bond acceptors (Lipinski definition) is 9. The Morgan fingerprint density at radius 1 is 1.06 bits per heavy atom. The van der Waals surface area contributed by atoms with Gasteiger partial charge in [0.05, 0.1) is 18.0 Å². The zero-order chi connectivity index (χ0) is 35.6. The molecule has 2 fully saturated rings. The largest absolute Gasteiger partial charge is 0.457 e. The Balaban J connectivity index is 1.22. The number of nitrogens with two attached hydrogens (primary N) is 1. The van der Waals surface area contributed by atoms with E-state index in [1.165, 1.54) is 17.3 Å². The third kappa shape index (κ3) is 7.56. The average molecular weight is 692 g/mol. The quantitative estimate of drug-likeness (QED) is 0.143. The van der Waals surface area contributed by atoms with Gasteiger partial charge in [0, 0.05) is 56.4 Å². The van der Waals surface area contributed by atoms with Crippen molar-refractivity contribution in [2.24, 2.45) is 0 Å². The summed E-state index contributed by atoms with van der Waals surface area (Å²) < 4.78 is 61.7. The molecule has 262 valence electrons. The van der Waals surface area contributed by atoms with Crippen LogP contribution in [0.15, 0.2) is 66.5 Å². The minimum Gasteiger partial charge on any atom is -0.457 e. The Morgan fingerprint density at radius 3 is 2.48 bits per heavy atom. The second-order valence-electron chi connectivity index (χ2n) is 13.1. The fourth-order valence-corrected chi connectivity index (χ4v) is 6.65. The van der Waals surface area contributed by atoms with Crippen molar-refractivity contribution in [1.82, 2.24) is 34.4 Å². The van der Waals surface area contributed by atoms with Crippen LogP contribution in [-0.4, -0.2) is 97.9 Å². The van der Waals surface area contributed by atoms with E-state index in [1.54, 1.807) is 39.9 Å². The number of anilines is 1. The number of ether oxygens (including phenoxy) is 1. The molecule has 0 bridgehead atoms. The monoisotopic (exact) mass is 691 g/mol. The van der Waals surface area contributed by atoms with Gasteiger partial charge in [-0.05, 0) is 57.0 Å². The maximum Gasteiger partial charge on any atom is 0.401 e. The third-order valence-electron chi connectivity index (χ3n) is 9.16. The molecular formula is C35H37F4N9O2. The Hall–Kier alpha value is -5.07. The predicted molar refractivity (Wildman–Crippen MR) is 178 cm³/mol. The minimum atomic E-state index is -4.27. The number of aromatic nitrogens is 4. The zero-order valence-corrected chi connectivity index (χ0v) is 27.7. The van der Waals surface area contributed by atoms with Crippen molar-refractivity contribution >= 4 is 22.8 Å². The number of nitrogen functional groups attached to an aromatic ring is 1. The molecule has 0 radical (unpaired) electrons. The predicted octanol–water partition coefficient (Wildman–Crippen LogP) is 5.58. The fourth-order valence-electron chi connectivity index (χ4n) is 6.65. The van der Waals surface area contributed by atoms with Crippen LogP contribution in [-0.2, 0) is 4.79 Å². The van der Waals surface area contributed by atoms with Gasteiger partial charge in [0.1, 0.15) is 46.8 Å². The van der Waals surface area contributed by atoms with Crippen molar-refractivity contribution in [3.63, 3.8) is 0 Å². The Bertz CT molecular complexity index is 1930. The van der Waals surface area contributed by atoms with E-state index in [4.69, 9.17) is 15.6 Å². The van der Waals surface area contributed by atoms with Gasteiger partial charge < -0.3 is 15.4 Å². The number of nitrogens with zero attached hydrogens (tertiary/aromatic N) is 8. The number of carbonyl (C=O) groups is 1. The summed E-state index contributed by atoms with van der Waals surface area (Å²) in [6.45, 7) is 4.52. The highest BCUT2D eigenvalue weighted by molar-refractivity contribution is 5.99. The highest BCUT2D eigenvalue weighted by Gasteiger charge is 2.36. The number of fused-ring (bicyclic) bond motifs is 1. The fraction of sp³-hybridized carbons (Fsp3) is 0.400. The summed E-state index contributed by atoms with van der Waals surface area (Å²) in [6.07, 6.45) is -0.123. The van der Waals surface area contributed by atoms with Crippen molar-refractivity contribution in [1.29, 1.82) is 5.26 Å². The summed E-state index contributed by atoms with van der Waals surface area (Å²) in [7, 11) is 0. The molecule has 2 aromatic carbocycles.